The van der Waals surface area contributed by atoms with E-state index in [-0.39, 0.29) is 5.91 Å². The zero-order chi connectivity index (χ0) is 15.6. The van der Waals surface area contributed by atoms with Crippen LogP contribution in [0.25, 0.3) is 0 Å². The molecule has 2 rings (SSSR count). The summed E-state index contributed by atoms with van der Waals surface area (Å²) in [6, 6.07) is 10.2. The van der Waals surface area contributed by atoms with Gasteiger partial charge in [0.25, 0.3) is 0 Å². The predicted octanol–water partition coefficient (Wildman–Crippen LogP) is 2.18. The standard InChI is InChI=1S/C16H21N3O2S/c1-21-11-5-8-17-15(20)13-22-16-18-9-10-19(16)12-14-6-3-2-4-7-14/h2-4,6-7,9-10H,5,8,11-13H2,1H3,(H,17,20). The molecule has 0 spiro atoms. The van der Waals surface area contributed by atoms with Gasteiger partial charge >= 0.3 is 0 Å². The average Bonchev–Trinajstić information content (AvgIpc) is 2.98. The molecular weight excluding hydrogens is 298 g/mol. The number of ether oxygens (including phenoxy) is 1. The van der Waals surface area contributed by atoms with Gasteiger partial charge in [0.2, 0.25) is 5.91 Å². The third-order valence-corrected chi connectivity index (χ3v) is 4.06. The molecule has 6 heteroatoms. The van der Waals surface area contributed by atoms with Gasteiger partial charge in [-0.3, -0.25) is 4.79 Å². The highest BCUT2D eigenvalue weighted by molar-refractivity contribution is 7.99. The van der Waals surface area contributed by atoms with Gasteiger partial charge in [0, 0.05) is 39.2 Å². The SMILES string of the molecule is COCCCNC(=O)CSc1nccn1Cc1ccccc1. The Labute approximate surface area is 135 Å². The largest absolute Gasteiger partial charge is 0.385 e. The van der Waals surface area contributed by atoms with Crippen molar-refractivity contribution in [3.05, 3.63) is 48.3 Å². The lowest BCUT2D eigenvalue weighted by Crippen LogP contribution is -2.27. The van der Waals surface area contributed by atoms with Crippen molar-refractivity contribution in [1.29, 1.82) is 0 Å². The van der Waals surface area contributed by atoms with E-state index in [1.54, 1.807) is 13.3 Å². The molecule has 2 aromatic rings. The van der Waals surface area contributed by atoms with Gasteiger partial charge in [-0.25, -0.2) is 4.98 Å². The summed E-state index contributed by atoms with van der Waals surface area (Å²) in [6.45, 7) is 2.07. The summed E-state index contributed by atoms with van der Waals surface area (Å²) in [5.74, 6) is 0.397. The molecule has 0 bridgehead atoms. The van der Waals surface area contributed by atoms with E-state index < -0.39 is 0 Å². The van der Waals surface area contributed by atoms with Gasteiger partial charge in [-0.1, -0.05) is 42.1 Å². The Morgan fingerprint density at radius 3 is 2.95 bits per heavy atom. The number of rotatable bonds is 9. The fourth-order valence-electron chi connectivity index (χ4n) is 1.96. The number of nitrogens with one attached hydrogen (secondary N) is 1. The Bertz CT molecular complexity index is 572. The summed E-state index contributed by atoms with van der Waals surface area (Å²) >= 11 is 1.45. The van der Waals surface area contributed by atoms with Gasteiger partial charge in [0.05, 0.1) is 5.75 Å². The molecule has 0 atom stereocenters. The topological polar surface area (TPSA) is 56.1 Å². The Hall–Kier alpha value is -1.79. The molecule has 22 heavy (non-hydrogen) atoms. The van der Waals surface area contributed by atoms with Gasteiger partial charge in [-0.05, 0) is 12.0 Å². The molecule has 0 radical (unpaired) electrons. The minimum absolute atomic E-state index is 0.0235. The summed E-state index contributed by atoms with van der Waals surface area (Å²) in [4.78, 5) is 16.1. The molecule has 1 heterocycles. The molecule has 0 aliphatic heterocycles. The average molecular weight is 319 g/mol. The first-order valence-corrected chi connectivity index (χ1v) is 8.21. The number of thioether (sulfide) groups is 1. The molecular formula is C16H21N3O2S. The Balaban J connectivity index is 1.79. The van der Waals surface area contributed by atoms with E-state index in [2.05, 4.69) is 27.0 Å². The van der Waals surface area contributed by atoms with Crippen molar-refractivity contribution in [1.82, 2.24) is 14.9 Å². The zero-order valence-corrected chi connectivity index (χ0v) is 13.5. The fraction of sp³-hybridized carbons (Fsp3) is 0.375. The van der Waals surface area contributed by atoms with Gasteiger partial charge in [0.15, 0.2) is 5.16 Å². The molecule has 1 aromatic heterocycles. The van der Waals surface area contributed by atoms with Crippen molar-refractivity contribution < 1.29 is 9.53 Å². The van der Waals surface area contributed by atoms with Crippen molar-refractivity contribution in [3.63, 3.8) is 0 Å². The molecule has 0 saturated heterocycles. The highest BCUT2D eigenvalue weighted by Gasteiger charge is 2.07. The van der Waals surface area contributed by atoms with Crippen LogP contribution < -0.4 is 5.32 Å². The second-order valence-electron chi connectivity index (χ2n) is 4.81. The number of carbonyl (C=O) groups excluding carboxylic acids is 1. The number of aromatic nitrogens is 2. The fourth-order valence-corrected chi connectivity index (χ4v) is 2.75. The van der Waals surface area contributed by atoms with Gasteiger partial charge in [-0.2, -0.15) is 0 Å². The number of methoxy groups -OCH3 is 1. The van der Waals surface area contributed by atoms with E-state index in [0.717, 1.165) is 18.1 Å². The lowest BCUT2D eigenvalue weighted by molar-refractivity contribution is -0.118. The summed E-state index contributed by atoms with van der Waals surface area (Å²) < 4.78 is 7.00. The van der Waals surface area contributed by atoms with E-state index >= 15 is 0 Å². The Morgan fingerprint density at radius 1 is 1.36 bits per heavy atom. The van der Waals surface area contributed by atoms with Crippen LogP contribution in [0.15, 0.2) is 47.9 Å². The second kappa shape index (κ2) is 9.27. The van der Waals surface area contributed by atoms with Crippen LogP contribution in [-0.2, 0) is 16.1 Å². The lowest BCUT2D eigenvalue weighted by Gasteiger charge is -2.08. The van der Waals surface area contributed by atoms with E-state index in [1.807, 2.05) is 24.4 Å². The normalized spacial score (nSPS) is 10.6. The van der Waals surface area contributed by atoms with Crippen LogP contribution >= 0.6 is 11.8 Å². The van der Waals surface area contributed by atoms with E-state index in [4.69, 9.17) is 4.74 Å². The molecule has 0 aliphatic carbocycles. The first-order valence-electron chi connectivity index (χ1n) is 7.23. The summed E-state index contributed by atoms with van der Waals surface area (Å²) in [7, 11) is 1.66. The number of nitrogens with zero attached hydrogens (tertiary/aromatic N) is 2. The Morgan fingerprint density at radius 2 is 2.18 bits per heavy atom. The molecule has 0 saturated carbocycles. The first kappa shape index (κ1) is 16.6. The van der Waals surface area contributed by atoms with Crippen LogP contribution in [0, 0.1) is 0 Å². The third kappa shape index (κ3) is 5.54. The maximum atomic E-state index is 11.8. The number of amides is 1. The summed E-state index contributed by atoms with van der Waals surface area (Å²) in [6.07, 6.45) is 4.53. The van der Waals surface area contributed by atoms with E-state index in [0.29, 0.717) is 18.9 Å². The van der Waals surface area contributed by atoms with Crippen molar-refractivity contribution in [2.24, 2.45) is 0 Å². The van der Waals surface area contributed by atoms with Crippen LogP contribution in [0.4, 0.5) is 0 Å². The van der Waals surface area contributed by atoms with Crippen molar-refractivity contribution >= 4 is 17.7 Å². The third-order valence-electron chi connectivity index (χ3n) is 3.05. The monoisotopic (exact) mass is 319 g/mol. The van der Waals surface area contributed by atoms with Crippen LogP contribution in [0.2, 0.25) is 0 Å². The molecule has 118 valence electrons. The lowest BCUT2D eigenvalue weighted by atomic mass is 10.2. The minimum atomic E-state index is 0.0235. The first-order chi connectivity index (χ1) is 10.8. The Kier molecular flexibility index (Phi) is 6.99. The van der Waals surface area contributed by atoms with Crippen LogP contribution in [0.3, 0.4) is 0 Å². The highest BCUT2D eigenvalue weighted by atomic mass is 32.2. The van der Waals surface area contributed by atoms with Crippen LogP contribution in [0.1, 0.15) is 12.0 Å². The molecule has 1 aromatic carbocycles. The quantitative estimate of drug-likeness (QED) is 0.568. The molecule has 1 amide bonds. The van der Waals surface area contributed by atoms with Gasteiger partial charge < -0.3 is 14.6 Å². The number of benzene rings is 1. The van der Waals surface area contributed by atoms with Crippen LogP contribution in [-0.4, -0.2) is 41.5 Å². The maximum absolute atomic E-state index is 11.8. The van der Waals surface area contributed by atoms with Crippen molar-refractivity contribution in [2.75, 3.05) is 26.0 Å². The van der Waals surface area contributed by atoms with Crippen molar-refractivity contribution in [2.45, 2.75) is 18.1 Å². The van der Waals surface area contributed by atoms with E-state index in [1.165, 1.54) is 17.3 Å². The predicted molar refractivity (Wildman–Crippen MR) is 88.0 cm³/mol. The highest BCUT2D eigenvalue weighted by Crippen LogP contribution is 2.16. The van der Waals surface area contributed by atoms with Crippen LogP contribution in [0.5, 0.6) is 0 Å². The maximum Gasteiger partial charge on any atom is 0.230 e. The molecule has 0 fully saturated rings. The molecule has 0 aliphatic rings. The number of carbonyl (C=O) groups is 1. The molecule has 1 N–H and O–H groups in total. The smallest absolute Gasteiger partial charge is 0.230 e. The summed E-state index contributed by atoms with van der Waals surface area (Å²) in [5.41, 5.74) is 1.21. The zero-order valence-electron chi connectivity index (χ0n) is 12.7. The number of hydrogen-bond donors (Lipinski definition) is 1. The van der Waals surface area contributed by atoms with Gasteiger partial charge in [0.1, 0.15) is 0 Å². The number of hydrogen-bond acceptors (Lipinski definition) is 4. The molecule has 0 unspecified atom stereocenters. The van der Waals surface area contributed by atoms with E-state index in [9.17, 15) is 4.79 Å². The number of imidazole rings is 1. The van der Waals surface area contributed by atoms with Crippen molar-refractivity contribution in [3.8, 4) is 0 Å². The molecule has 5 nitrogen and oxygen atoms in total. The second-order valence-corrected chi connectivity index (χ2v) is 5.75. The minimum Gasteiger partial charge on any atom is -0.385 e. The van der Waals surface area contributed by atoms with Gasteiger partial charge in [-0.15, -0.1) is 0 Å². The summed E-state index contributed by atoms with van der Waals surface area (Å²) in [5, 5.41) is 3.73.